The second-order valence-corrected chi connectivity index (χ2v) is 7.82. The van der Waals surface area contributed by atoms with Crippen LogP contribution in [-0.4, -0.2) is 89.9 Å². The SMILES string of the molecule is O=C(C[C@@H](CN1CCN(CC(=O)N2CCCC2)CC1)C(=O)O)Nc1ccccc1. The molecule has 0 bridgehead atoms. The van der Waals surface area contributed by atoms with Crippen molar-refractivity contribution in [3.63, 3.8) is 0 Å². The van der Waals surface area contributed by atoms with Gasteiger partial charge in [0, 0.05) is 57.9 Å². The molecule has 0 unspecified atom stereocenters. The maximum Gasteiger partial charge on any atom is 0.308 e. The Morgan fingerprint density at radius 3 is 2.17 bits per heavy atom. The minimum absolute atomic E-state index is 0.0577. The van der Waals surface area contributed by atoms with Gasteiger partial charge in [0.05, 0.1) is 12.5 Å². The van der Waals surface area contributed by atoms with Gasteiger partial charge in [-0.1, -0.05) is 18.2 Å². The summed E-state index contributed by atoms with van der Waals surface area (Å²) in [5.41, 5.74) is 0.665. The van der Waals surface area contributed by atoms with Gasteiger partial charge in [-0.15, -0.1) is 0 Å². The van der Waals surface area contributed by atoms with Gasteiger partial charge in [0.2, 0.25) is 11.8 Å². The average molecular weight is 402 g/mol. The smallest absolute Gasteiger partial charge is 0.308 e. The molecule has 1 aromatic carbocycles. The zero-order chi connectivity index (χ0) is 20.6. The molecule has 1 atom stereocenters. The predicted molar refractivity (Wildman–Crippen MR) is 110 cm³/mol. The minimum Gasteiger partial charge on any atom is -0.481 e. The van der Waals surface area contributed by atoms with Gasteiger partial charge in [-0.2, -0.15) is 0 Å². The van der Waals surface area contributed by atoms with E-state index < -0.39 is 11.9 Å². The fourth-order valence-electron chi connectivity index (χ4n) is 3.89. The number of likely N-dealkylation sites (tertiary alicyclic amines) is 1. The number of nitrogens with one attached hydrogen (secondary N) is 1. The summed E-state index contributed by atoms with van der Waals surface area (Å²) in [4.78, 5) is 42.3. The Morgan fingerprint density at radius 2 is 1.55 bits per heavy atom. The highest BCUT2D eigenvalue weighted by Gasteiger charge is 2.28. The van der Waals surface area contributed by atoms with E-state index in [-0.39, 0.29) is 18.2 Å². The molecule has 8 heteroatoms. The van der Waals surface area contributed by atoms with Crippen molar-refractivity contribution in [3.8, 4) is 0 Å². The minimum atomic E-state index is -0.958. The number of carbonyl (C=O) groups excluding carboxylic acids is 2. The quantitative estimate of drug-likeness (QED) is 0.673. The van der Waals surface area contributed by atoms with Crippen molar-refractivity contribution >= 4 is 23.5 Å². The summed E-state index contributed by atoms with van der Waals surface area (Å²) in [6.07, 6.45) is 2.12. The normalized spacial score (nSPS) is 19.1. The van der Waals surface area contributed by atoms with Crippen LogP contribution >= 0.6 is 0 Å². The molecule has 0 aromatic heterocycles. The molecule has 158 valence electrons. The Bertz CT molecular complexity index is 698. The van der Waals surface area contributed by atoms with Crippen LogP contribution in [0.4, 0.5) is 5.69 Å². The number of para-hydroxylation sites is 1. The zero-order valence-corrected chi connectivity index (χ0v) is 16.8. The first-order valence-electron chi connectivity index (χ1n) is 10.3. The predicted octanol–water partition coefficient (Wildman–Crippen LogP) is 0.956. The molecular formula is C21H30N4O4. The Balaban J connectivity index is 1.42. The summed E-state index contributed by atoms with van der Waals surface area (Å²) in [6.45, 7) is 5.40. The van der Waals surface area contributed by atoms with Gasteiger partial charge in [0.25, 0.3) is 0 Å². The second-order valence-electron chi connectivity index (χ2n) is 7.82. The van der Waals surface area contributed by atoms with E-state index in [1.807, 2.05) is 23.1 Å². The lowest BCUT2D eigenvalue weighted by Gasteiger charge is -2.36. The van der Waals surface area contributed by atoms with Crippen molar-refractivity contribution in [2.75, 3.05) is 57.7 Å². The van der Waals surface area contributed by atoms with Crippen LogP contribution in [-0.2, 0) is 14.4 Å². The van der Waals surface area contributed by atoms with E-state index in [2.05, 4.69) is 15.1 Å². The fourth-order valence-corrected chi connectivity index (χ4v) is 3.89. The maximum absolute atomic E-state index is 12.3. The third kappa shape index (κ3) is 6.54. The zero-order valence-electron chi connectivity index (χ0n) is 16.8. The molecule has 2 aliphatic heterocycles. The summed E-state index contributed by atoms with van der Waals surface area (Å²) in [5, 5.41) is 12.3. The van der Waals surface area contributed by atoms with Gasteiger partial charge in [-0.05, 0) is 25.0 Å². The molecule has 2 amide bonds. The molecule has 2 heterocycles. The molecule has 2 aliphatic rings. The average Bonchev–Trinajstić information content (AvgIpc) is 3.24. The molecule has 1 aromatic rings. The molecular weight excluding hydrogens is 372 g/mol. The van der Waals surface area contributed by atoms with Gasteiger partial charge in [0.1, 0.15) is 0 Å². The van der Waals surface area contributed by atoms with Crippen LogP contribution in [0.2, 0.25) is 0 Å². The molecule has 0 saturated carbocycles. The van der Waals surface area contributed by atoms with Crippen molar-refractivity contribution in [1.82, 2.24) is 14.7 Å². The number of nitrogens with zero attached hydrogens (tertiary/aromatic N) is 3. The maximum atomic E-state index is 12.3. The molecule has 0 spiro atoms. The number of carboxylic acid groups (broad SMARTS) is 1. The number of hydrogen-bond donors (Lipinski definition) is 2. The third-order valence-electron chi connectivity index (χ3n) is 5.60. The highest BCUT2D eigenvalue weighted by atomic mass is 16.4. The van der Waals surface area contributed by atoms with Crippen LogP contribution in [0.3, 0.4) is 0 Å². The lowest BCUT2D eigenvalue weighted by Crippen LogP contribution is -2.51. The van der Waals surface area contributed by atoms with Crippen molar-refractivity contribution in [1.29, 1.82) is 0 Å². The molecule has 2 fully saturated rings. The Hall–Kier alpha value is -2.45. The van der Waals surface area contributed by atoms with Crippen molar-refractivity contribution in [3.05, 3.63) is 30.3 Å². The molecule has 2 saturated heterocycles. The number of carbonyl (C=O) groups is 3. The first-order valence-corrected chi connectivity index (χ1v) is 10.3. The first-order chi connectivity index (χ1) is 14.0. The summed E-state index contributed by atoms with van der Waals surface area (Å²) in [6, 6.07) is 9.04. The molecule has 2 N–H and O–H groups in total. The first kappa shape index (κ1) is 21.3. The summed E-state index contributed by atoms with van der Waals surface area (Å²) < 4.78 is 0. The lowest BCUT2D eigenvalue weighted by atomic mass is 10.0. The summed E-state index contributed by atoms with van der Waals surface area (Å²) in [5.74, 6) is -1.81. The number of amides is 2. The topological polar surface area (TPSA) is 93.2 Å². The third-order valence-corrected chi connectivity index (χ3v) is 5.60. The van der Waals surface area contributed by atoms with Crippen LogP contribution in [0, 0.1) is 5.92 Å². The number of aliphatic carboxylic acids is 1. The fraction of sp³-hybridized carbons (Fsp3) is 0.571. The van der Waals surface area contributed by atoms with E-state index >= 15 is 0 Å². The molecule has 8 nitrogen and oxygen atoms in total. The molecule has 3 rings (SSSR count). The van der Waals surface area contributed by atoms with E-state index in [1.54, 1.807) is 12.1 Å². The van der Waals surface area contributed by atoms with Crippen molar-refractivity contribution in [2.45, 2.75) is 19.3 Å². The van der Waals surface area contributed by atoms with Gasteiger partial charge in [-0.3, -0.25) is 24.2 Å². The van der Waals surface area contributed by atoms with Crippen molar-refractivity contribution in [2.24, 2.45) is 5.92 Å². The number of hydrogen-bond acceptors (Lipinski definition) is 5. The molecule has 0 aliphatic carbocycles. The molecule has 29 heavy (non-hydrogen) atoms. The van der Waals surface area contributed by atoms with E-state index in [1.165, 1.54) is 0 Å². The van der Waals surface area contributed by atoms with Crippen LogP contribution < -0.4 is 5.32 Å². The van der Waals surface area contributed by atoms with Crippen LogP contribution in [0.15, 0.2) is 30.3 Å². The number of piperazine rings is 1. The largest absolute Gasteiger partial charge is 0.481 e. The number of benzene rings is 1. The monoisotopic (exact) mass is 402 g/mol. The summed E-state index contributed by atoms with van der Waals surface area (Å²) in [7, 11) is 0. The van der Waals surface area contributed by atoms with E-state index in [9.17, 15) is 19.5 Å². The number of carboxylic acids is 1. The van der Waals surface area contributed by atoms with Gasteiger partial charge in [-0.25, -0.2) is 0 Å². The van der Waals surface area contributed by atoms with Crippen LogP contribution in [0.25, 0.3) is 0 Å². The van der Waals surface area contributed by atoms with Crippen LogP contribution in [0.1, 0.15) is 19.3 Å². The van der Waals surface area contributed by atoms with Crippen molar-refractivity contribution < 1.29 is 19.5 Å². The van der Waals surface area contributed by atoms with Gasteiger partial charge in [0.15, 0.2) is 0 Å². The second kappa shape index (κ2) is 10.4. The van der Waals surface area contributed by atoms with E-state index in [4.69, 9.17) is 0 Å². The molecule has 0 radical (unpaired) electrons. The number of anilines is 1. The van der Waals surface area contributed by atoms with E-state index in [0.717, 1.165) is 39.0 Å². The Kier molecular flexibility index (Phi) is 7.60. The Morgan fingerprint density at radius 1 is 0.931 bits per heavy atom. The highest BCUT2D eigenvalue weighted by Crippen LogP contribution is 2.13. The standard InChI is InChI=1S/C21H30N4O4/c26-19(22-18-6-2-1-3-7-18)14-17(21(28)29)15-23-10-12-24(13-11-23)16-20(27)25-8-4-5-9-25/h1-3,6-7,17H,4-5,8-16H2,(H,22,26)(H,28,29)/t17-/m0/s1. The summed E-state index contributed by atoms with van der Waals surface area (Å²) >= 11 is 0. The number of rotatable bonds is 8. The Labute approximate surface area is 171 Å². The lowest BCUT2D eigenvalue weighted by molar-refractivity contribution is -0.144. The highest BCUT2D eigenvalue weighted by molar-refractivity contribution is 5.93. The van der Waals surface area contributed by atoms with Crippen LogP contribution in [0.5, 0.6) is 0 Å². The van der Waals surface area contributed by atoms with Gasteiger partial charge >= 0.3 is 5.97 Å². The van der Waals surface area contributed by atoms with E-state index in [0.29, 0.717) is 31.9 Å². The van der Waals surface area contributed by atoms with Gasteiger partial charge < -0.3 is 15.3 Å².